The van der Waals surface area contributed by atoms with E-state index in [0.717, 1.165) is 21.9 Å². The number of nitrogens with zero attached hydrogens (tertiary/aromatic N) is 1. The van der Waals surface area contributed by atoms with E-state index >= 15 is 0 Å². The van der Waals surface area contributed by atoms with E-state index in [0.29, 0.717) is 25.1 Å². The number of carbonyl (C=O) groups is 1. The van der Waals surface area contributed by atoms with Crippen LogP contribution < -0.4 is 5.32 Å². The summed E-state index contributed by atoms with van der Waals surface area (Å²) in [7, 11) is -3.81. The van der Waals surface area contributed by atoms with Gasteiger partial charge in [-0.05, 0) is 47.4 Å². The number of nitrogens with one attached hydrogen (secondary N) is 1. The summed E-state index contributed by atoms with van der Waals surface area (Å²) in [5.74, 6) is -0.305. The van der Waals surface area contributed by atoms with E-state index < -0.39 is 16.1 Å². The number of fused-ring (bicyclic) bond motifs is 1. The van der Waals surface area contributed by atoms with Gasteiger partial charge in [0.25, 0.3) is 0 Å². The van der Waals surface area contributed by atoms with Gasteiger partial charge in [0.15, 0.2) is 0 Å². The average Bonchev–Trinajstić information content (AvgIpc) is 3.36. The van der Waals surface area contributed by atoms with Crippen LogP contribution in [0.15, 0.2) is 102 Å². The number of hydrogen-bond acceptors (Lipinski definition) is 3. The van der Waals surface area contributed by atoms with Gasteiger partial charge in [0, 0.05) is 17.8 Å². The van der Waals surface area contributed by atoms with Crippen molar-refractivity contribution in [3.63, 3.8) is 0 Å². The summed E-state index contributed by atoms with van der Waals surface area (Å²) in [5.41, 5.74) is 2.55. The highest BCUT2D eigenvalue weighted by Crippen LogP contribution is 2.31. The quantitative estimate of drug-likeness (QED) is 0.443. The number of carbonyl (C=O) groups excluding carboxylic acids is 1. The molecule has 4 aromatic carbocycles. The Morgan fingerprint density at radius 3 is 2.33 bits per heavy atom. The summed E-state index contributed by atoms with van der Waals surface area (Å²) in [6.45, 7) is 0.327. The summed E-state index contributed by atoms with van der Waals surface area (Å²) in [6, 6.07) is 29.4. The monoisotopic (exact) mass is 456 g/mol. The molecule has 1 heterocycles. The molecule has 1 N–H and O–H groups in total. The molecular formula is C27H24N2O3S. The molecular weight excluding hydrogens is 432 g/mol. The number of anilines is 1. The van der Waals surface area contributed by atoms with Crippen LogP contribution in [0.4, 0.5) is 5.69 Å². The van der Waals surface area contributed by atoms with Gasteiger partial charge in [-0.1, -0.05) is 78.9 Å². The molecule has 0 saturated carbocycles. The zero-order valence-corrected chi connectivity index (χ0v) is 18.8. The van der Waals surface area contributed by atoms with Crippen LogP contribution in [-0.4, -0.2) is 31.2 Å². The summed E-state index contributed by atoms with van der Waals surface area (Å²) >= 11 is 0. The lowest BCUT2D eigenvalue weighted by Crippen LogP contribution is -2.43. The van der Waals surface area contributed by atoms with E-state index in [1.54, 1.807) is 12.1 Å². The number of rotatable bonds is 5. The Bertz CT molecular complexity index is 1420. The van der Waals surface area contributed by atoms with Gasteiger partial charge in [0.1, 0.15) is 6.04 Å². The first kappa shape index (κ1) is 21.4. The molecule has 1 unspecified atom stereocenters. The zero-order valence-electron chi connectivity index (χ0n) is 18.0. The van der Waals surface area contributed by atoms with E-state index in [1.807, 2.05) is 84.9 Å². The third-order valence-corrected chi connectivity index (χ3v) is 8.01. The second kappa shape index (κ2) is 8.81. The number of para-hydroxylation sites is 1. The third-order valence-electron chi connectivity index (χ3n) is 6.10. The van der Waals surface area contributed by atoms with Crippen molar-refractivity contribution in [3.05, 3.63) is 97.1 Å². The highest BCUT2D eigenvalue weighted by Gasteiger charge is 2.39. The molecule has 1 atom stereocenters. The van der Waals surface area contributed by atoms with Crippen molar-refractivity contribution >= 4 is 32.4 Å². The Morgan fingerprint density at radius 2 is 1.52 bits per heavy atom. The lowest BCUT2D eigenvalue weighted by Gasteiger charge is -2.24. The summed E-state index contributed by atoms with van der Waals surface area (Å²) in [6.07, 6.45) is 1.14. The average molecular weight is 457 g/mol. The molecule has 0 aliphatic carbocycles. The highest BCUT2D eigenvalue weighted by molar-refractivity contribution is 7.89. The molecule has 1 aliphatic rings. The van der Waals surface area contributed by atoms with Gasteiger partial charge in [-0.3, -0.25) is 4.79 Å². The molecule has 1 amide bonds. The van der Waals surface area contributed by atoms with Crippen LogP contribution in [0.25, 0.3) is 21.9 Å². The van der Waals surface area contributed by atoms with Crippen molar-refractivity contribution in [1.29, 1.82) is 0 Å². The molecule has 0 aromatic heterocycles. The van der Waals surface area contributed by atoms with E-state index in [2.05, 4.69) is 5.32 Å². The van der Waals surface area contributed by atoms with E-state index in [1.165, 1.54) is 4.31 Å². The Kier molecular flexibility index (Phi) is 5.70. The second-order valence-corrected chi connectivity index (χ2v) is 10.1. The number of benzene rings is 4. The molecule has 1 aliphatic heterocycles. The predicted molar refractivity (Wildman–Crippen MR) is 131 cm³/mol. The first-order valence-corrected chi connectivity index (χ1v) is 12.4. The summed E-state index contributed by atoms with van der Waals surface area (Å²) in [5, 5.41) is 4.82. The van der Waals surface area contributed by atoms with Crippen LogP contribution >= 0.6 is 0 Å². The Labute approximate surface area is 193 Å². The van der Waals surface area contributed by atoms with Gasteiger partial charge < -0.3 is 5.32 Å². The minimum Gasteiger partial charge on any atom is -0.324 e. The SMILES string of the molecule is O=C(Nc1ccccc1-c1ccccc1)C1CCCN1S(=O)(=O)c1ccc2ccccc2c1. The fraction of sp³-hybridized carbons (Fsp3) is 0.148. The number of amides is 1. The van der Waals surface area contributed by atoms with E-state index in [4.69, 9.17) is 0 Å². The molecule has 0 radical (unpaired) electrons. The summed E-state index contributed by atoms with van der Waals surface area (Å²) < 4.78 is 28.3. The Morgan fingerprint density at radius 1 is 0.818 bits per heavy atom. The molecule has 4 aromatic rings. The van der Waals surface area contributed by atoms with Crippen LogP contribution in [0.5, 0.6) is 0 Å². The molecule has 6 heteroatoms. The van der Waals surface area contributed by atoms with Gasteiger partial charge in [-0.2, -0.15) is 4.31 Å². The van der Waals surface area contributed by atoms with Crippen molar-refractivity contribution in [2.45, 2.75) is 23.8 Å². The molecule has 33 heavy (non-hydrogen) atoms. The van der Waals surface area contributed by atoms with Crippen molar-refractivity contribution in [3.8, 4) is 11.1 Å². The molecule has 5 nitrogen and oxygen atoms in total. The minimum absolute atomic E-state index is 0.214. The van der Waals surface area contributed by atoms with E-state index in [-0.39, 0.29) is 10.8 Å². The number of sulfonamides is 1. The van der Waals surface area contributed by atoms with Crippen LogP contribution in [0.3, 0.4) is 0 Å². The maximum atomic E-state index is 13.5. The smallest absolute Gasteiger partial charge is 0.243 e. The Hall–Kier alpha value is -3.48. The standard InChI is InChI=1S/C27H24N2O3S/c30-27(28-25-14-7-6-13-24(25)21-10-2-1-3-11-21)26-15-8-18-29(26)33(31,32)23-17-16-20-9-4-5-12-22(20)19-23/h1-7,9-14,16-17,19,26H,8,15,18H2,(H,28,30). The van der Waals surface area contributed by atoms with Gasteiger partial charge in [-0.25, -0.2) is 8.42 Å². The second-order valence-electron chi connectivity index (χ2n) is 8.18. The fourth-order valence-corrected chi connectivity index (χ4v) is 6.12. The maximum absolute atomic E-state index is 13.5. The van der Waals surface area contributed by atoms with Gasteiger partial charge in [0.2, 0.25) is 15.9 Å². The van der Waals surface area contributed by atoms with E-state index in [9.17, 15) is 13.2 Å². The van der Waals surface area contributed by atoms with Crippen LogP contribution in [-0.2, 0) is 14.8 Å². The van der Waals surface area contributed by atoms with Crippen LogP contribution in [0.1, 0.15) is 12.8 Å². The normalized spacial score (nSPS) is 16.7. The lowest BCUT2D eigenvalue weighted by atomic mass is 10.0. The summed E-state index contributed by atoms with van der Waals surface area (Å²) in [4.78, 5) is 13.5. The predicted octanol–water partition coefficient (Wildman–Crippen LogP) is 5.30. The van der Waals surface area contributed by atoms with Gasteiger partial charge in [-0.15, -0.1) is 0 Å². The van der Waals surface area contributed by atoms with Crippen LogP contribution in [0, 0.1) is 0 Å². The van der Waals surface area contributed by atoms with Crippen LogP contribution in [0.2, 0.25) is 0 Å². The first-order chi connectivity index (χ1) is 16.0. The molecule has 0 spiro atoms. The molecule has 5 rings (SSSR count). The van der Waals surface area contributed by atoms with Gasteiger partial charge in [0.05, 0.1) is 4.90 Å². The van der Waals surface area contributed by atoms with Crippen molar-refractivity contribution in [2.75, 3.05) is 11.9 Å². The largest absolute Gasteiger partial charge is 0.324 e. The molecule has 1 saturated heterocycles. The lowest BCUT2D eigenvalue weighted by molar-refractivity contribution is -0.119. The topological polar surface area (TPSA) is 66.5 Å². The van der Waals surface area contributed by atoms with Crippen molar-refractivity contribution in [2.24, 2.45) is 0 Å². The molecule has 0 bridgehead atoms. The highest BCUT2D eigenvalue weighted by atomic mass is 32.2. The van der Waals surface area contributed by atoms with Crippen molar-refractivity contribution in [1.82, 2.24) is 4.31 Å². The molecule has 166 valence electrons. The minimum atomic E-state index is -3.81. The fourth-order valence-electron chi connectivity index (χ4n) is 4.43. The van der Waals surface area contributed by atoms with Crippen molar-refractivity contribution < 1.29 is 13.2 Å². The third kappa shape index (κ3) is 4.15. The zero-order chi connectivity index (χ0) is 22.8. The number of hydrogen-bond donors (Lipinski definition) is 1. The van der Waals surface area contributed by atoms with Gasteiger partial charge >= 0.3 is 0 Å². The maximum Gasteiger partial charge on any atom is 0.243 e. The first-order valence-electron chi connectivity index (χ1n) is 11.0. The Balaban J connectivity index is 1.42. The molecule has 1 fully saturated rings.